The summed E-state index contributed by atoms with van der Waals surface area (Å²) < 4.78 is 8.23. The standard InChI is InChI=1S/C26H29N3O2/c1-18-15-23(19(2)28(18)17-21-11-8-14-31-21)25-27-24-13-7-6-12-22(24)26(30)29(25)16-20-9-4-3-5-10-20/h3-7,9-10,12-13,15,21,25,27H,8,11,14,16-17H2,1-2H3/t21-,25+/m0/s1. The highest BCUT2D eigenvalue weighted by Crippen LogP contribution is 2.36. The Kier molecular flexibility index (Phi) is 5.28. The van der Waals surface area contributed by atoms with E-state index in [4.69, 9.17) is 4.74 Å². The van der Waals surface area contributed by atoms with Crippen molar-refractivity contribution in [1.29, 1.82) is 0 Å². The number of carbonyl (C=O) groups excluding carboxylic acids is 1. The van der Waals surface area contributed by atoms with Crippen molar-refractivity contribution >= 4 is 11.6 Å². The lowest BCUT2D eigenvalue weighted by Gasteiger charge is -2.38. The Hall–Kier alpha value is -3.05. The number of amides is 1. The van der Waals surface area contributed by atoms with Crippen LogP contribution in [0.25, 0.3) is 0 Å². The highest BCUT2D eigenvalue weighted by molar-refractivity contribution is 6.01. The molecule has 1 aromatic heterocycles. The predicted octanol–water partition coefficient (Wildman–Crippen LogP) is 5.05. The van der Waals surface area contributed by atoms with Crippen molar-refractivity contribution in [2.75, 3.05) is 11.9 Å². The molecule has 2 aliphatic rings. The van der Waals surface area contributed by atoms with Gasteiger partial charge >= 0.3 is 0 Å². The van der Waals surface area contributed by atoms with Crippen molar-refractivity contribution < 1.29 is 9.53 Å². The fourth-order valence-electron chi connectivity index (χ4n) is 4.86. The van der Waals surface area contributed by atoms with Gasteiger partial charge in [-0.1, -0.05) is 42.5 Å². The molecule has 1 fully saturated rings. The molecule has 2 atom stereocenters. The quantitative estimate of drug-likeness (QED) is 0.634. The number of carbonyl (C=O) groups is 1. The van der Waals surface area contributed by atoms with E-state index in [1.807, 2.05) is 47.4 Å². The molecule has 0 aliphatic carbocycles. The summed E-state index contributed by atoms with van der Waals surface area (Å²) in [5.41, 5.74) is 6.28. The number of hydrogen-bond donors (Lipinski definition) is 1. The molecule has 1 amide bonds. The van der Waals surface area contributed by atoms with Gasteiger partial charge in [-0.3, -0.25) is 4.79 Å². The van der Waals surface area contributed by atoms with Gasteiger partial charge in [0.2, 0.25) is 0 Å². The molecule has 5 rings (SSSR count). The minimum absolute atomic E-state index is 0.0622. The molecule has 31 heavy (non-hydrogen) atoms. The second kappa shape index (κ2) is 8.23. The van der Waals surface area contributed by atoms with Gasteiger partial charge in [0.15, 0.2) is 0 Å². The van der Waals surface area contributed by atoms with Crippen LogP contribution in [0.1, 0.15) is 51.9 Å². The molecule has 0 bridgehead atoms. The smallest absolute Gasteiger partial charge is 0.258 e. The zero-order valence-electron chi connectivity index (χ0n) is 18.2. The summed E-state index contributed by atoms with van der Waals surface area (Å²) in [4.78, 5) is 15.5. The summed E-state index contributed by atoms with van der Waals surface area (Å²) in [5.74, 6) is 0.0622. The predicted molar refractivity (Wildman–Crippen MR) is 122 cm³/mol. The zero-order chi connectivity index (χ0) is 21.4. The first-order valence-corrected chi connectivity index (χ1v) is 11.1. The van der Waals surface area contributed by atoms with E-state index in [2.05, 4.69) is 41.9 Å². The van der Waals surface area contributed by atoms with Crippen molar-refractivity contribution in [1.82, 2.24) is 9.47 Å². The Balaban J connectivity index is 1.53. The lowest BCUT2D eigenvalue weighted by atomic mass is 10.0. The Morgan fingerprint density at radius 1 is 1.06 bits per heavy atom. The minimum atomic E-state index is -0.216. The van der Waals surface area contributed by atoms with Crippen LogP contribution in [0.3, 0.4) is 0 Å². The highest BCUT2D eigenvalue weighted by Gasteiger charge is 2.35. The van der Waals surface area contributed by atoms with E-state index in [0.29, 0.717) is 6.54 Å². The molecule has 3 heterocycles. The number of ether oxygens (including phenoxy) is 1. The average Bonchev–Trinajstić information content (AvgIpc) is 3.40. The van der Waals surface area contributed by atoms with Gasteiger partial charge in [0.25, 0.3) is 5.91 Å². The first-order valence-electron chi connectivity index (χ1n) is 11.1. The van der Waals surface area contributed by atoms with Crippen molar-refractivity contribution in [3.63, 3.8) is 0 Å². The number of fused-ring (bicyclic) bond motifs is 1. The molecule has 3 aromatic rings. The number of nitrogens with zero attached hydrogens (tertiary/aromatic N) is 2. The van der Waals surface area contributed by atoms with Crippen molar-refractivity contribution in [3.05, 3.63) is 88.7 Å². The van der Waals surface area contributed by atoms with Crippen LogP contribution in [-0.2, 0) is 17.8 Å². The maximum Gasteiger partial charge on any atom is 0.258 e. The van der Waals surface area contributed by atoms with E-state index in [9.17, 15) is 4.79 Å². The summed E-state index contributed by atoms with van der Waals surface area (Å²) >= 11 is 0. The molecule has 2 aliphatic heterocycles. The summed E-state index contributed by atoms with van der Waals surface area (Å²) in [6, 6.07) is 20.2. The van der Waals surface area contributed by atoms with E-state index in [0.717, 1.165) is 48.4 Å². The normalized spacial score (nSPS) is 20.6. The maximum atomic E-state index is 13.5. The molecule has 0 spiro atoms. The number of nitrogens with one attached hydrogen (secondary N) is 1. The number of para-hydroxylation sites is 1. The van der Waals surface area contributed by atoms with Crippen LogP contribution in [0.4, 0.5) is 5.69 Å². The van der Waals surface area contributed by atoms with Gasteiger partial charge < -0.3 is 19.5 Å². The van der Waals surface area contributed by atoms with Gasteiger partial charge in [0.05, 0.1) is 11.7 Å². The summed E-state index contributed by atoms with van der Waals surface area (Å²) in [5, 5.41) is 3.65. The maximum absolute atomic E-state index is 13.5. The first-order chi connectivity index (χ1) is 15.1. The van der Waals surface area contributed by atoms with Gasteiger partial charge in [-0.2, -0.15) is 0 Å². The number of benzene rings is 2. The molecule has 0 radical (unpaired) electrons. The third-order valence-corrected chi connectivity index (χ3v) is 6.54. The SMILES string of the molecule is Cc1cc([C@@H]2Nc3ccccc3C(=O)N2Cc2ccccc2)c(C)n1C[C@@H]1CCCO1. The van der Waals surface area contributed by atoms with Crippen molar-refractivity contribution in [3.8, 4) is 0 Å². The van der Waals surface area contributed by atoms with Gasteiger partial charge in [0, 0.05) is 42.3 Å². The van der Waals surface area contributed by atoms with Crippen LogP contribution in [-0.4, -0.2) is 28.1 Å². The Morgan fingerprint density at radius 3 is 2.61 bits per heavy atom. The summed E-state index contributed by atoms with van der Waals surface area (Å²) in [7, 11) is 0. The Bertz CT molecular complexity index is 1080. The van der Waals surface area contributed by atoms with Crippen LogP contribution >= 0.6 is 0 Å². The fourth-order valence-corrected chi connectivity index (χ4v) is 4.86. The van der Waals surface area contributed by atoms with E-state index in [1.54, 1.807) is 0 Å². The monoisotopic (exact) mass is 415 g/mol. The number of anilines is 1. The second-order valence-corrected chi connectivity index (χ2v) is 8.58. The van der Waals surface area contributed by atoms with Crippen LogP contribution in [0.15, 0.2) is 60.7 Å². The van der Waals surface area contributed by atoms with Crippen LogP contribution in [0, 0.1) is 13.8 Å². The third kappa shape index (κ3) is 3.74. The van der Waals surface area contributed by atoms with E-state index in [-0.39, 0.29) is 18.2 Å². The van der Waals surface area contributed by atoms with Crippen LogP contribution < -0.4 is 5.32 Å². The minimum Gasteiger partial charge on any atom is -0.376 e. The Morgan fingerprint density at radius 2 is 1.84 bits per heavy atom. The molecule has 5 heteroatoms. The van der Waals surface area contributed by atoms with Gasteiger partial charge in [-0.25, -0.2) is 0 Å². The molecule has 0 unspecified atom stereocenters. The number of rotatable bonds is 5. The topological polar surface area (TPSA) is 46.5 Å². The van der Waals surface area contributed by atoms with Gasteiger partial charge in [-0.05, 0) is 50.5 Å². The average molecular weight is 416 g/mol. The zero-order valence-corrected chi connectivity index (χ0v) is 18.2. The second-order valence-electron chi connectivity index (χ2n) is 8.58. The van der Waals surface area contributed by atoms with Crippen LogP contribution in [0.5, 0.6) is 0 Å². The molecule has 0 saturated carbocycles. The first kappa shape index (κ1) is 19.9. The lowest BCUT2D eigenvalue weighted by molar-refractivity contribution is 0.0665. The highest BCUT2D eigenvalue weighted by atomic mass is 16.5. The van der Waals surface area contributed by atoms with Gasteiger partial charge in [0.1, 0.15) is 6.17 Å². The third-order valence-electron chi connectivity index (χ3n) is 6.54. The van der Waals surface area contributed by atoms with E-state index < -0.39 is 0 Å². The number of aryl methyl sites for hydroxylation is 1. The molecule has 1 N–H and O–H groups in total. The molecule has 2 aromatic carbocycles. The van der Waals surface area contributed by atoms with Crippen molar-refractivity contribution in [2.45, 2.75) is 52.0 Å². The molecule has 160 valence electrons. The lowest BCUT2D eigenvalue weighted by Crippen LogP contribution is -2.42. The Labute approximate surface area is 183 Å². The van der Waals surface area contributed by atoms with E-state index >= 15 is 0 Å². The number of hydrogen-bond acceptors (Lipinski definition) is 3. The molecular weight excluding hydrogens is 386 g/mol. The number of aromatic nitrogens is 1. The van der Waals surface area contributed by atoms with Gasteiger partial charge in [-0.15, -0.1) is 0 Å². The largest absolute Gasteiger partial charge is 0.376 e. The summed E-state index contributed by atoms with van der Waals surface area (Å²) in [6.07, 6.45) is 2.31. The molecule has 1 saturated heterocycles. The molecular formula is C26H29N3O2. The molecule has 5 nitrogen and oxygen atoms in total. The van der Waals surface area contributed by atoms with Crippen molar-refractivity contribution in [2.24, 2.45) is 0 Å². The fraction of sp³-hybridized carbons (Fsp3) is 0.346. The van der Waals surface area contributed by atoms with Crippen LogP contribution in [0.2, 0.25) is 0 Å². The van der Waals surface area contributed by atoms with E-state index in [1.165, 1.54) is 11.4 Å². The summed E-state index contributed by atoms with van der Waals surface area (Å²) in [6.45, 7) is 6.59.